The first-order chi connectivity index (χ1) is 7.81. The summed E-state index contributed by atoms with van der Waals surface area (Å²) in [7, 11) is 1.63. The van der Waals surface area contributed by atoms with Crippen LogP contribution in [0.2, 0.25) is 0 Å². The van der Waals surface area contributed by atoms with E-state index in [2.05, 4.69) is 36.7 Å². The SMILES string of the molecule is COc1ccc(CC(=O)CC(C)(C)C)cc1Br. The van der Waals surface area contributed by atoms with Gasteiger partial charge in [-0.1, -0.05) is 26.8 Å². The number of ether oxygens (including phenoxy) is 1. The number of rotatable bonds is 4. The van der Waals surface area contributed by atoms with Crippen molar-refractivity contribution in [2.75, 3.05) is 7.11 Å². The van der Waals surface area contributed by atoms with Crippen LogP contribution >= 0.6 is 15.9 Å². The van der Waals surface area contributed by atoms with Crippen LogP contribution in [0.25, 0.3) is 0 Å². The van der Waals surface area contributed by atoms with Crippen molar-refractivity contribution in [1.29, 1.82) is 0 Å². The van der Waals surface area contributed by atoms with E-state index in [1.807, 2.05) is 18.2 Å². The van der Waals surface area contributed by atoms with Crippen LogP contribution in [0.5, 0.6) is 5.75 Å². The molecule has 1 rings (SSSR count). The highest BCUT2D eigenvalue weighted by Gasteiger charge is 2.16. The highest BCUT2D eigenvalue weighted by Crippen LogP contribution is 2.26. The van der Waals surface area contributed by atoms with Crippen LogP contribution in [0.4, 0.5) is 0 Å². The van der Waals surface area contributed by atoms with E-state index in [0.717, 1.165) is 15.8 Å². The number of hydrogen-bond donors (Lipinski definition) is 0. The second-order valence-electron chi connectivity index (χ2n) is 5.42. The van der Waals surface area contributed by atoms with Crippen LogP contribution in [-0.4, -0.2) is 12.9 Å². The monoisotopic (exact) mass is 298 g/mol. The smallest absolute Gasteiger partial charge is 0.137 e. The molecule has 0 aliphatic heterocycles. The number of carbonyl (C=O) groups excluding carboxylic acids is 1. The average Bonchev–Trinajstić information content (AvgIpc) is 2.14. The van der Waals surface area contributed by atoms with Crippen LogP contribution in [-0.2, 0) is 11.2 Å². The lowest BCUT2D eigenvalue weighted by Gasteiger charge is -2.16. The van der Waals surface area contributed by atoms with Gasteiger partial charge in [0.1, 0.15) is 11.5 Å². The van der Waals surface area contributed by atoms with Crippen molar-refractivity contribution in [3.05, 3.63) is 28.2 Å². The van der Waals surface area contributed by atoms with Gasteiger partial charge in [0.25, 0.3) is 0 Å². The van der Waals surface area contributed by atoms with Crippen LogP contribution in [0.3, 0.4) is 0 Å². The minimum atomic E-state index is 0.0563. The molecule has 0 aliphatic rings. The molecule has 0 unspecified atom stereocenters. The molecule has 0 amide bonds. The molecule has 1 aromatic rings. The normalized spacial score (nSPS) is 11.4. The maximum absolute atomic E-state index is 11.8. The van der Waals surface area contributed by atoms with E-state index in [1.165, 1.54) is 0 Å². The van der Waals surface area contributed by atoms with Crippen molar-refractivity contribution in [1.82, 2.24) is 0 Å². The Morgan fingerprint density at radius 3 is 2.47 bits per heavy atom. The lowest BCUT2D eigenvalue weighted by Crippen LogP contribution is -2.14. The average molecular weight is 299 g/mol. The van der Waals surface area contributed by atoms with Crippen molar-refractivity contribution in [3.8, 4) is 5.75 Å². The lowest BCUT2D eigenvalue weighted by atomic mass is 9.88. The number of methoxy groups -OCH3 is 1. The summed E-state index contributed by atoms with van der Waals surface area (Å²) < 4.78 is 6.04. The first-order valence-electron chi connectivity index (χ1n) is 5.66. The van der Waals surface area contributed by atoms with Crippen molar-refractivity contribution < 1.29 is 9.53 Å². The third kappa shape index (κ3) is 4.90. The predicted octanol–water partition coefficient (Wildman–Crippen LogP) is 4.01. The molecular formula is C14H19BrO2. The zero-order chi connectivity index (χ0) is 13.1. The number of ketones is 1. The van der Waals surface area contributed by atoms with Crippen molar-refractivity contribution >= 4 is 21.7 Å². The summed E-state index contributed by atoms with van der Waals surface area (Å²) >= 11 is 3.42. The fraction of sp³-hybridized carbons (Fsp3) is 0.500. The summed E-state index contributed by atoms with van der Waals surface area (Å²) in [6, 6.07) is 5.76. The van der Waals surface area contributed by atoms with Crippen LogP contribution in [0, 0.1) is 5.41 Å². The molecule has 94 valence electrons. The van der Waals surface area contributed by atoms with Gasteiger partial charge in [-0.15, -0.1) is 0 Å². The van der Waals surface area contributed by atoms with Crippen LogP contribution in [0.15, 0.2) is 22.7 Å². The molecule has 1 aromatic carbocycles. The van der Waals surface area contributed by atoms with Gasteiger partial charge >= 0.3 is 0 Å². The predicted molar refractivity (Wildman–Crippen MR) is 73.5 cm³/mol. The Morgan fingerprint density at radius 2 is 2.00 bits per heavy atom. The maximum atomic E-state index is 11.8. The summed E-state index contributed by atoms with van der Waals surface area (Å²) in [4.78, 5) is 11.8. The van der Waals surface area contributed by atoms with Crippen LogP contribution < -0.4 is 4.74 Å². The molecule has 0 radical (unpaired) electrons. The molecular weight excluding hydrogens is 280 g/mol. The third-order valence-electron chi connectivity index (χ3n) is 2.34. The van der Waals surface area contributed by atoms with E-state index in [4.69, 9.17) is 4.74 Å². The second kappa shape index (κ2) is 5.67. The first kappa shape index (κ1) is 14.2. The van der Waals surface area contributed by atoms with Crippen molar-refractivity contribution in [3.63, 3.8) is 0 Å². The fourth-order valence-electron chi connectivity index (χ4n) is 1.70. The van der Waals surface area contributed by atoms with Crippen LogP contribution in [0.1, 0.15) is 32.8 Å². The molecule has 0 spiro atoms. The van der Waals surface area contributed by atoms with E-state index in [9.17, 15) is 4.79 Å². The maximum Gasteiger partial charge on any atom is 0.137 e. The Balaban J connectivity index is 2.69. The zero-order valence-corrected chi connectivity index (χ0v) is 12.4. The molecule has 17 heavy (non-hydrogen) atoms. The van der Waals surface area contributed by atoms with E-state index in [0.29, 0.717) is 12.8 Å². The minimum Gasteiger partial charge on any atom is -0.496 e. The van der Waals surface area contributed by atoms with E-state index in [1.54, 1.807) is 7.11 Å². The Bertz CT molecular complexity index is 405. The van der Waals surface area contributed by atoms with E-state index < -0.39 is 0 Å². The Kier molecular flexibility index (Phi) is 4.75. The fourth-order valence-corrected chi connectivity index (χ4v) is 2.29. The Labute approximate surface area is 111 Å². The minimum absolute atomic E-state index is 0.0563. The topological polar surface area (TPSA) is 26.3 Å². The van der Waals surface area contributed by atoms with Crippen molar-refractivity contribution in [2.45, 2.75) is 33.6 Å². The van der Waals surface area contributed by atoms with E-state index in [-0.39, 0.29) is 11.2 Å². The van der Waals surface area contributed by atoms with Gasteiger partial charge < -0.3 is 4.74 Å². The first-order valence-corrected chi connectivity index (χ1v) is 6.45. The van der Waals surface area contributed by atoms with Crippen molar-refractivity contribution in [2.24, 2.45) is 5.41 Å². The van der Waals surface area contributed by atoms with Gasteiger partial charge in [-0.2, -0.15) is 0 Å². The molecule has 0 fully saturated rings. The molecule has 0 bridgehead atoms. The van der Waals surface area contributed by atoms with Gasteiger partial charge in [0, 0.05) is 12.8 Å². The van der Waals surface area contributed by atoms with Gasteiger partial charge in [0.2, 0.25) is 0 Å². The standard InChI is InChI=1S/C14H19BrO2/c1-14(2,3)9-11(16)7-10-5-6-13(17-4)12(15)8-10/h5-6,8H,7,9H2,1-4H3. The molecule has 3 heteroatoms. The lowest BCUT2D eigenvalue weighted by molar-refractivity contribution is -0.120. The molecule has 0 aliphatic carbocycles. The summed E-state index contributed by atoms with van der Waals surface area (Å²) in [5, 5.41) is 0. The number of halogens is 1. The second-order valence-corrected chi connectivity index (χ2v) is 6.28. The summed E-state index contributed by atoms with van der Waals surface area (Å²) in [6.45, 7) is 6.23. The van der Waals surface area contributed by atoms with E-state index >= 15 is 0 Å². The summed E-state index contributed by atoms with van der Waals surface area (Å²) in [6.07, 6.45) is 1.09. The third-order valence-corrected chi connectivity index (χ3v) is 2.96. The zero-order valence-electron chi connectivity index (χ0n) is 10.8. The molecule has 0 N–H and O–H groups in total. The number of Topliss-reactive ketones (excluding diaryl/α,β-unsaturated/α-hetero) is 1. The molecule has 0 atom stereocenters. The summed E-state index contributed by atoms with van der Waals surface area (Å²) in [5.74, 6) is 1.06. The highest BCUT2D eigenvalue weighted by molar-refractivity contribution is 9.10. The molecule has 0 heterocycles. The molecule has 0 saturated carbocycles. The largest absolute Gasteiger partial charge is 0.496 e. The van der Waals surface area contributed by atoms with Gasteiger partial charge in [0.05, 0.1) is 11.6 Å². The Hall–Kier alpha value is -0.830. The number of carbonyl (C=O) groups is 1. The summed E-state index contributed by atoms with van der Waals surface area (Å²) in [5.41, 5.74) is 1.08. The Morgan fingerprint density at radius 1 is 1.35 bits per heavy atom. The van der Waals surface area contributed by atoms with Gasteiger partial charge in [-0.05, 0) is 39.0 Å². The molecule has 0 saturated heterocycles. The number of benzene rings is 1. The van der Waals surface area contributed by atoms with Gasteiger partial charge in [-0.25, -0.2) is 0 Å². The molecule has 0 aromatic heterocycles. The molecule has 2 nitrogen and oxygen atoms in total. The quantitative estimate of drug-likeness (QED) is 0.840. The number of hydrogen-bond acceptors (Lipinski definition) is 2. The van der Waals surface area contributed by atoms with Gasteiger partial charge in [0.15, 0.2) is 0 Å². The van der Waals surface area contributed by atoms with Gasteiger partial charge in [-0.3, -0.25) is 4.79 Å². The highest BCUT2D eigenvalue weighted by atomic mass is 79.9.